The van der Waals surface area contributed by atoms with E-state index in [-0.39, 0.29) is 84.7 Å². The van der Waals surface area contributed by atoms with Crippen LogP contribution in [0.25, 0.3) is 10.4 Å². The van der Waals surface area contributed by atoms with Gasteiger partial charge in [-0.15, -0.1) is 0 Å². The number of ether oxygens (including phenoxy) is 9. The summed E-state index contributed by atoms with van der Waals surface area (Å²) in [6.45, 7) is 28.4. The SMILES string of the molecule is CCC1O[C@H](OC2C(C)[C@H](C)[C@H]([C@@H](C)CC)O[C@@H]2O[C@@H]2C(C)[C@@H](O[C@@H]3C(C)C[C@@](C)(O)OC3[C@H]3COCO3)OC([C@@H](C)CC)[C@H]2C)[C@H](N=[N+]=[N-])C(C)[C@@H]1C. The molecule has 0 amide bonds. The van der Waals surface area contributed by atoms with Gasteiger partial charge in [-0.3, -0.25) is 0 Å². The van der Waals surface area contributed by atoms with E-state index >= 15 is 0 Å². The first-order chi connectivity index (χ1) is 25.6. The third-order valence-electron chi connectivity index (χ3n) is 14.1. The van der Waals surface area contributed by atoms with Crippen molar-refractivity contribution in [2.75, 3.05) is 13.4 Å². The van der Waals surface area contributed by atoms with Crippen molar-refractivity contribution in [1.29, 1.82) is 0 Å². The molecule has 22 atom stereocenters. The molecule has 5 rings (SSSR count). The van der Waals surface area contributed by atoms with Gasteiger partial charge in [0.05, 0.1) is 43.2 Å². The topological polar surface area (TPSA) is 152 Å². The summed E-state index contributed by atoms with van der Waals surface area (Å²) < 4.78 is 59.6. The Morgan fingerprint density at radius 3 is 1.96 bits per heavy atom. The van der Waals surface area contributed by atoms with Gasteiger partial charge in [0.2, 0.25) is 0 Å². The van der Waals surface area contributed by atoms with E-state index in [1.54, 1.807) is 6.92 Å². The molecule has 0 aromatic rings. The first-order valence-corrected chi connectivity index (χ1v) is 21.1. The van der Waals surface area contributed by atoms with Gasteiger partial charge in [0.1, 0.15) is 25.1 Å². The minimum atomic E-state index is -1.31. The van der Waals surface area contributed by atoms with Crippen LogP contribution in [0.4, 0.5) is 0 Å². The van der Waals surface area contributed by atoms with Crippen LogP contribution in [0, 0.1) is 53.3 Å². The fourth-order valence-corrected chi connectivity index (χ4v) is 9.92. The second kappa shape index (κ2) is 18.7. The molecule has 0 aliphatic carbocycles. The van der Waals surface area contributed by atoms with Crippen molar-refractivity contribution in [3.05, 3.63) is 10.4 Å². The Hall–Kier alpha value is -1.09. The summed E-state index contributed by atoms with van der Waals surface area (Å²) in [5.41, 5.74) is 9.61. The fraction of sp³-hybridized carbons (Fsp3) is 1.00. The maximum absolute atomic E-state index is 11.0. The molecule has 1 N–H and O–H groups in total. The number of rotatable bonds is 13. The van der Waals surface area contributed by atoms with E-state index in [0.29, 0.717) is 18.9 Å². The number of aliphatic hydroxyl groups is 1. The molecule has 8 unspecified atom stereocenters. The van der Waals surface area contributed by atoms with Crippen LogP contribution in [-0.4, -0.2) is 98.0 Å². The number of azide groups is 1. The third kappa shape index (κ3) is 9.28. The predicted octanol–water partition coefficient (Wildman–Crippen LogP) is 7.82. The van der Waals surface area contributed by atoms with Gasteiger partial charge in [-0.05, 0) is 60.3 Å². The van der Waals surface area contributed by atoms with Crippen molar-refractivity contribution >= 4 is 0 Å². The lowest BCUT2D eigenvalue weighted by Gasteiger charge is -2.53. The molecule has 5 aliphatic heterocycles. The summed E-state index contributed by atoms with van der Waals surface area (Å²) >= 11 is 0. The van der Waals surface area contributed by atoms with E-state index in [1.807, 2.05) is 0 Å². The van der Waals surface area contributed by atoms with Crippen molar-refractivity contribution in [2.24, 2.45) is 58.4 Å². The fourth-order valence-electron chi connectivity index (χ4n) is 9.92. The molecule has 5 aliphatic rings. The van der Waals surface area contributed by atoms with E-state index in [9.17, 15) is 10.6 Å². The standard InChI is InChI=1S/C41H73N3O10/c1-14-20(4)32-25(9)26(10)36(53-39-31(43-44-42)24(8)23(7)29(16-3)48-39)40(50-32)52-35-27(11)33(21(5)15-2)49-38(28(35)12)51-34-22(6)17-41(13,45)54-37(34)30-18-46-19-47-30/h20-40,45H,14-19H2,1-13H3/t20-,21-,22?,23-,24?,25-,26?,27+,28?,29?,30+,31+,32-,33?,34+,35-,36?,37?,38+,39+,40+,41-/m0/s1. The summed E-state index contributed by atoms with van der Waals surface area (Å²) in [5, 5.41) is 15.3. The maximum Gasteiger partial charge on any atom is 0.184 e. The molecule has 0 radical (unpaired) electrons. The van der Waals surface area contributed by atoms with Gasteiger partial charge in [0, 0.05) is 23.2 Å². The molecule has 312 valence electrons. The van der Waals surface area contributed by atoms with Crippen LogP contribution in [0.5, 0.6) is 0 Å². The van der Waals surface area contributed by atoms with Crippen LogP contribution in [0.1, 0.15) is 116 Å². The third-order valence-corrected chi connectivity index (χ3v) is 14.1. The van der Waals surface area contributed by atoms with Crippen LogP contribution >= 0.6 is 0 Å². The van der Waals surface area contributed by atoms with Crippen molar-refractivity contribution < 1.29 is 47.7 Å². The van der Waals surface area contributed by atoms with Gasteiger partial charge in [0.15, 0.2) is 24.7 Å². The molecule has 0 saturated carbocycles. The van der Waals surface area contributed by atoms with Crippen molar-refractivity contribution in [2.45, 2.75) is 195 Å². The van der Waals surface area contributed by atoms with Crippen LogP contribution in [0.3, 0.4) is 0 Å². The lowest BCUT2D eigenvalue weighted by Crippen LogP contribution is -2.62. The zero-order valence-electron chi connectivity index (χ0n) is 35.3. The van der Waals surface area contributed by atoms with Gasteiger partial charge in [-0.25, -0.2) is 0 Å². The highest BCUT2D eigenvalue weighted by Gasteiger charge is 2.54. The molecule has 0 spiro atoms. The molecule has 0 bridgehead atoms. The summed E-state index contributed by atoms with van der Waals surface area (Å²) in [5.74, 6) is -0.509. The summed E-state index contributed by atoms with van der Waals surface area (Å²) in [7, 11) is 0. The molecule has 5 heterocycles. The lowest BCUT2D eigenvalue weighted by molar-refractivity contribution is -0.374. The van der Waals surface area contributed by atoms with E-state index in [0.717, 1.165) is 19.3 Å². The Balaban J connectivity index is 1.46. The maximum atomic E-state index is 11.0. The lowest BCUT2D eigenvalue weighted by atomic mass is 9.77. The van der Waals surface area contributed by atoms with Crippen molar-refractivity contribution in [3.63, 3.8) is 0 Å². The van der Waals surface area contributed by atoms with Crippen molar-refractivity contribution in [3.8, 4) is 0 Å². The normalized spacial score (nSPS) is 49.9. The Bertz CT molecular complexity index is 1230. The predicted molar refractivity (Wildman–Crippen MR) is 203 cm³/mol. The number of hydrogen-bond donors (Lipinski definition) is 1. The minimum Gasteiger partial charge on any atom is -0.366 e. The van der Waals surface area contributed by atoms with Crippen LogP contribution in [0.15, 0.2) is 5.11 Å². The van der Waals surface area contributed by atoms with E-state index < -0.39 is 49.0 Å². The molecule has 0 aromatic carbocycles. The van der Waals surface area contributed by atoms with Gasteiger partial charge in [0.25, 0.3) is 0 Å². The van der Waals surface area contributed by atoms with Gasteiger partial charge < -0.3 is 47.7 Å². The van der Waals surface area contributed by atoms with Gasteiger partial charge in [-0.1, -0.05) is 101 Å². The van der Waals surface area contributed by atoms with Gasteiger partial charge >= 0.3 is 0 Å². The molecule has 13 heteroatoms. The summed E-state index contributed by atoms with van der Waals surface area (Å²) in [6.07, 6.45) is -1.27. The van der Waals surface area contributed by atoms with E-state index in [1.165, 1.54) is 0 Å². The molecule has 5 saturated heterocycles. The molecule has 5 fully saturated rings. The first kappa shape index (κ1) is 44.0. The Kier molecular flexibility index (Phi) is 15.2. The number of hydrogen-bond acceptors (Lipinski definition) is 11. The van der Waals surface area contributed by atoms with Crippen molar-refractivity contribution in [1.82, 2.24) is 0 Å². The largest absolute Gasteiger partial charge is 0.366 e. The van der Waals surface area contributed by atoms with Crippen LogP contribution in [0.2, 0.25) is 0 Å². The average Bonchev–Trinajstić information content (AvgIpc) is 3.68. The molecular weight excluding hydrogens is 694 g/mol. The zero-order valence-corrected chi connectivity index (χ0v) is 35.3. The second-order valence-electron chi connectivity index (χ2n) is 17.9. The Labute approximate surface area is 324 Å². The minimum absolute atomic E-state index is 0.00564. The quantitative estimate of drug-likeness (QED) is 0.112. The van der Waals surface area contributed by atoms with Crippen LogP contribution in [-0.2, 0) is 42.6 Å². The monoisotopic (exact) mass is 768 g/mol. The molecule has 54 heavy (non-hydrogen) atoms. The second-order valence-corrected chi connectivity index (χ2v) is 17.9. The smallest absolute Gasteiger partial charge is 0.184 e. The highest BCUT2D eigenvalue weighted by molar-refractivity contribution is 4.97. The average molecular weight is 768 g/mol. The Morgan fingerprint density at radius 2 is 1.37 bits per heavy atom. The highest BCUT2D eigenvalue weighted by Crippen LogP contribution is 2.45. The summed E-state index contributed by atoms with van der Waals surface area (Å²) in [4.78, 5) is 3.22. The van der Waals surface area contributed by atoms with Crippen LogP contribution < -0.4 is 0 Å². The zero-order chi connectivity index (χ0) is 39.6. The summed E-state index contributed by atoms with van der Waals surface area (Å²) in [6, 6.07) is -0.487. The molecular formula is C41H73N3O10. The highest BCUT2D eigenvalue weighted by atomic mass is 16.8. The first-order valence-electron chi connectivity index (χ1n) is 21.1. The molecule has 13 nitrogen and oxygen atoms in total. The Morgan fingerprint density at radius 1 is 0.759 bits per heavy atom. The number of nitrogens with zero attached hydrogens (tertiary/aromatic N) is 3. The van der Waals surface area contributed by atoms with Gasteiger partial charge in [-0.2, -0.15) is 0 Å². The van der Waals surface area contributed by atoms with E-state index in [4.69, 9.17) is 42.6 Å². The van der Waals surface area contributed by atoms with E-state index in [2.05, 4.69) is 93.1 Å². The molecule has 0 aromatic heterocycles.